The summed E-state index contributed by atoms with van der Waals surface area (Å²) in [6, 6.07) is 4.92. The third-order valence-corrected chi connectivity index (χ3v) is 7.52. The Hall–Kier alpha value is -1.84. The zero-order valence-electron chi connectivity index (χ0n) is 15.8. The molecule has 9 heteroatoms. The van der Waals surface area contributed by atoms with Crippen LogP contribution in [0.5, 0.6) is 0 Å². The van der Waals surface area contributed by atoms with E-state index < -0.39 is 21.3 Å². The van der Waals surface area contributed by atoms with Crippen molar-refractivity contribution in [3.63, 3.8) is 0 Å². The minimum Gasteiger partial charge on any atom is -0.381 e. The molecule has 1 unspecified atom stereocenters. The van der Waals surface area contributed by atoms with E-state index in [-0.39, 0.29) is 17.4 Å². The molecule has 1 aromatic carbocycles. The molecule has 2 aliphatic rings. The average molecular weight is 409 g/mol. The minimum atomic E-state index is -3.71. The minimum absolute atomic E-state index is 0.0918. The van der Waals surface area contributed by atoms with Gasteiger partial charge in [-0.2, -0.15) is 9.29 Å². The molecule has 3 heterocycles. The van der Waals surface area contributed by atoms with Crippen molar-refractivity contribution in [1.82, 2.24) is 14.4 Å². The molecule has 1 atom stereocenters. The summed E-state index contributed by atoms with van der Waals surface area (Å²) in [6.45, 7) is 4.02. The highest BCUT2D eigenvalue weighted by Crippen LogP contribution is 2.36. The number of hydrogen-bond acceptors (Lipinski definition) is 6. The Kier molecular flexibility index (Phi) is 5.24. The number of ether oxygens (including phenoxy) is 1. The molecular formula is C19H24FN3O4S. The zero-order chi connectivity index (χ0) is 19.8. The van der Waals surface area contributed by atoms with Crippen molar-refractivity contribution < 1.29 is 22.1 Å². The molecular weight excluding hydrogens is 385 g/mol. The molecule has 152 valence electrons. The lowest BCUT2D eigenvalue weighted by atomic mass is 9.82. The van der Waals surface area contributed by atoms with E-state index in [1.807, 2.05) is 6.92 Å². The molecule has 0 aliphatic carbocycles. The van der Waals surface area contributed by atoms with Gasteiger partial charge in [0.05, 0.1) is 4.90 Å². The second kappa shape index (κ2) is 7.53. The molecule has 28 heavy (non-hydrogen) atoms. The van der Waals surface area contributed by atoms with E-state index in [4.69, 9.17) is 9.26 Å². The summed E-state index contributed by atoms with van der Waals surface area (Å²) in [7, 11) is -3.71. The quantitative estimate of drug-likeness (QED) is 0.772. The maximum absolute atomic E-state index is 13.2. The first kappa shape index (κ1) is 19.5. The van der Waals surface area contributed by atoms with Crippen molar-refractivity contribution in [2.24, 2.45) is 0 Å². The van der Waals surface area contributed by atoms with Crippen LogP contribution in [0, 0.1) is 5.82 Å². The Morgan fingerprint density at radius 3 is 2.64 bits per heavy atom. The summed E-state index contributed by atoms with van der Waals surface area (Å²) >= 11 is 0. The molecule has 7 nitrogen and oxygen atoms in total. The fourth-order valence-corrected chi connectivity index (χ4v) is 5.53. The van der Waals surface area contributed by atoms with Gasteiger partial charge in [0.25, 0.3) is 0 Å². The van der Waals surface area contributed by atoms with Gasteiger partial charge in [-0.15, -0.1) is 0 Å². The van der Waals surface area contributed by atoms with Crippen LogP contribution in [-0.4, -0.2) is 49.2 Å². The highest BCUT2D eigenvalue weighted by Gasteiger charge is 2.41. The lowest BCUT2D eigenvalue weighted by Crippen LogP contribution is -2.47. The van der Waals surface area contributed by atoms with Crippen LogP contribution in [0.4, 0.5) is 4.39 Å². The maximum atomic E-state index is 13.2. The monoisotopic (exact) mass is 409 g/mol. The van der Waals surface area contributed by atoms with Crippen molar-refractivity contribution in [3.05, 3.63) is 41.8 Å². The summed E-state index contributed by atoms with van der Waals surface area (Å²) in [4.78, 5) is 4.72. The average Bonchev–Trinajstić information content (AvgIpc) is 3.20. The standard InChI is InChI=1S/C19H24FN3O4S/c1-19(18-21-17(27-22-18)14-7-11-26-12-8-14)9-2-10-23(13-19)28(24,25)16-5-3-15(20)4-6-16/h3-6,14H,2,7-13H2,1H3. The van der Waals surface area contributed by atoms with Crippen molar-refractivity contribution in [2.75, 3.05) is 26.3 Å². The van der Waals surface area contributed by atoms with Gasteiger partial charge in [-0.3, -0.25) is 0 Å². The van der Waals surface area contributed by atoms with Gasteiger partial charge in [0, 0.05) is 37.6 Å². The topological polar surface area (TPSA) is 85.5 Å². The van der Waals surface area contributed by atoms with Crippen LogP contribution in [0.1, 0.15) is 50.2 Å². The molecule has 1 aromatic heterocycles. The second-order valence-corrected chi connectivity index (χ2v) is 9.74. The van der Waals surface area contributed by atoms with Gasteiger partial charge in [0.2, 0.25) is 15.9 Å². The molecule has 4 rings (SSSR count). The molecule has 2 saturated heterocycles. The molecule has 0 amide bonds. The number of piperidine rings is 1. The SMILES string of the molecule is CC1(c2noc(C3CCOCC3)n2)CCCN(S(=O)(=O)c2ccc(F)cc2)C1. The Morgan fingerprint density at radius 1 is 1.21 bits per heavy atom. The molecule has 2 aromatic rings. The van der Waals surface area contributed by atoms with Crippen LogP contribution in [0.25, 0.3) is 0 Å². The molecule has 0 saturated carbocycles. The summed E-state index contributed by atoms with van der Waals surface area (Å²) < 4.78 is 51.5. The fourth-order valence-electron chi connectivity index (χ4n) is 3.93. The lowest BCUT2D eigenvalue weighted by Gasteiger charge is -2.37. The first-order valence-corrected chi connectivity index (χ1v) is 11.0. The first-order chi connectivity index (χ1) is 13.4. The third kappa shape index (κ3) is 3.70. The van der Waals surface area contributed by atoms with Crippen LogP contribution >= 0.6 is 0 Å². The lowest BCUT2D eigenvalue weighted by molar-refractivity contribution is 0.0778. The number of rotatable bonds is 4. The van der Waals surface area contributed by atoms with Crippen molar-refractivity contribution in [3.8, 4) is 0 Å². The summed E-state index contributed by atoms with van der Waals surface area (Å²) in [5.41, 5.74) is -0.529. The zero-order valence-corrected chi connectivity index (χ0v) is 16.6. The Bertz CT molecular complexity index is 925. The van der Waals surface area contributed by atoms with Crippen LogP contribution in [0.2, 0.25) is 0 Å². The van der Waals surface area contributed by atoms with Gasteiger partial charge in [-0.05, 0) is 49.9 Å². The maximum Gasteiger partial charge on any atom is 0.243 e. The fraction of sp³-hybridized carbons (Fsp3) is 0.579. The summed E-state index contributed by atoms with van der Waals surface area (Å²) in [5.74, 6) is 0.891. The van der Waals surface area contributed by atoms with Gasteiger partial charge < -0.3 is 9.26 Å². The Balaban J connectivity index is 1.55. The molecule has 2 fully saturated rings. The largest absolute Gasteiger partial charge is 0.381 e. The van der Waals surface area contributed by atoms with Crippen LogP contribution in [0.15, 0.2) is 33.7 Å². The smallest absolute Gasteiger partial charge is 0.243 e. The number of sulfonamides is 1. The van der Waals surface area contributed by atoms with E-state index >= 15 is 0 Å². The number of benzene rings is 1. The first-order valence-electron chi connectivity index (χ1n) is 9.56. The molecule has 0 bridgehead atoms. The van der Waals surface area contributed by atoms with Gasteiger partial charge >= 0.3 is 0 Å². The third-order valence-electron chi connectivity index (χ3n) is 5.66. The summed E-state index contributed by atoms with van der Waals surface area (Å²) in [5, 5.41) is 4.19. The van der Waals surface area contributed by atoms with Crippen LogP contribution in [0.3, 0.4) is 0 Å². The van der Waals surface area contributed by atoms with E-state index in [2.05, 4.69) is 10.1 Å². The number of nitrogens with zero attached hydrogens (tertiary/aromatic N) is 3. The predicted octanol–water partition coefficient (Wildman–Crippen LogP) is 2.85. The molecule has 0 radical (unpaired) electrons. The van der Waals surface area contributed by atoms with Gasteiger partial charge in [-0.25, -0.2) is 12.8 Å². The number of hydrogen-bond donors (Lipinski definition) is 0. The van der Waals surface area contributed by atoms with E-state index in [0.29, 0.717) is 37.9 Å². The van der Waals surface area contributed by atoms with E-state index in [9.17, 15) is 12.8 Å². The highest BCUT2D eigenvalue weighted by molar-refractivity contribution is 7.89. The van der Waals surface area contributed by atoms with Crippen molar-refractivity contribution in [1.29, 1.82) is 0 Å². The molecule has 2 aliphatic heterocycles. The molecule has 0 spiro atoms. The van der Waals surface area contributed by atoms with Crippen molar-refractivity contribution in [2.45, 2.75) is 48.8 Å². The molecule has 0 N–H and O–H groups in total. The van der Waals surface area contributed by atoms with Gasteiger partial charge in [0.1, 0.15) is 5.82 Å². The number of aromatic nitrogens is 2. The van der Waals surface area contributed by atoms with E-state index in [0.717, 1.165) is 31.4 Å². The van der Waals surface area contributed by atoms with Gasteiger partial charge in [-0.1, -0.05) is 12.1 Å². The number of halogens is 1. The summed E-state index contributed by atoms with van der Waals surface area (Å²) in [6.07, 6.45) is 3.17. The van der Waals surface area contributed by atoms with Crippen molar-refractivity contribution >= 4 is 10.0 Å². The van der Waals surface area contributed by atoms with Crippen LogP contribution in [-0.2, 0) is 20.2 Å². The van der Waals surface area contributed by atoms with Crippen LogP contribution < -0.4 is 0 Å². The second-order valence-electron chi connectivity index (χ2n) is 7.80. The normalized spacial score (nSPS) is 25.1. The van der Waals surface area contributed by atoms with Gasteiger partial charge in [0.15, 0.2) is 5.82 Å². The highest BCUT2D eigenvalue weighted by atomic mass is 32.2. The van der Waals surface area contributed by atoms with E-state index in [1.54, 1.807) is 0 Å². The Morgan fingerprint density at radius 2 is 1.93 bits per heavy atom. The van der Waals surface area contributed by atoms with E-state index in [1.165, 1.54) is 16.4 Å². The Labute approximate surface area is 163 Å². The predicted molar refractivity (Wildman–Crippen MR) is 98.8 cm³/mol.